The molecule has 1 unspecified atom stereocenters. The van der Waals surface area contributed by atoms with Gasteiger partial charge in [0.2, 0.25) is 11.8 Å². The number of ether oxygens (including phenoxy) is 3. The Hall–Kier alpha value is -4.98. The van der Waals surface area contributed by atoms with E-state index in [-0.39, 0.29) is 36.6 Å². The fraction of sp³-hybridized carbons (Fsp3) is 0.550. The summed E-state index contributed by atoms with van der Waals surface area (Å²) in [7, 11) is 2.97. The molecule has 2 fully saturated rings. The van der Waals surface area contributed by atoms with Crippen molar-refractivity contribution in [2.45, 2.75) is 110 Å². The molecule has 4 amide bonds. The Morgan fingerprint density at radius 2 is 1.69 bits per heavy atom. The Kier molecular flexibility index (Phi) is 15.6. The number of fused-ring (bicyclic) bond motifs is 1. The monoisotopic (exact) mass is 752 g/mol. The number of carbonyl (C=O) groups is 6. The lowest BCUT2D eigenvalue weighted by Gasteiger charge is -2.34. The van der Waals surface area contributed by atoms with Gasteiger partial charge in [0.25, 0.3) is 11.8 Å². The molecule has 14 nitrogen and oxygen atoms in total. The van der Waals surface area contributed by atoms with Gasteiger partial charge in [-0.25, -0.2) is 4.79 Å². The highest BCUT2D eigenvalue weighted by molar-refractivity contribution is 5.99. The number of cyclic esters (lactones) is 2. The Labute approximate surface area is 317 Å². The number of nitrogens with one attached hydrogen (secondary N) is 2. The van der Waals surface area contributed by atoms with E-state index < -0.39 is 84.0 Å². The van der Waals surface area contributed by atoms with Crippen LogP contribution in [0, 0.1) is 11.8 Å². The molecule has 1 aromatic carbocycles. The number of rotatable bonds is 7. The fourth-order valence-corrected chi connectivity index (χ4v) is 6.37. The minimum absolute atomic E-state index is 0.00191. The average molecular weight is 753 g/mol. The van der Waals surface area contributed by atoms with Gasteiger partial charge in [0.15, 0.2) is 6.10 Å². The van der Waals surface area contributed by atoms with Crippen LogP contribution in [0.3, 0.4) is 0 Å². The zero-order valence-corrected chi connectivity index (χ0v) is 32.7. The highest BCUT2D eigenvalue weighted by atomic mass is 16.6. The molecular formula is C40H56N4O10. The smallest absolute Gasteiger partial charge is 0.334 e. The third-order valence-corrected chi connectivity index (χ3v) is 9.71. The van der Waals surface area contributed by atoms with Crippen LogP contribution < -0.4 is 15.4 Å². The highest BCUT2D eigenvalue weighted by Gasteiger charge is 2.42. The topological polar surface area (TPSA) is 181 Å². The molecule has 14 heteroatoms. The first-order valence-electron chi connectivity index (χ1n) is 18.4. The fourth-order valence-electron chi connectivity index (χ4n) is 6.37. The summed E-state index contributed by atoms with van der Waals surface area (Å²) in [6, 6.07) is 3.66. The number of likely N-dealkylation sites (N-methyl/N-ethyl adjacent to an activating group) is 1. The third-order valence-electron chi connectivity index (χ3n) is 9.71. The number of hydrogen-bond acceptors (Lipinski definition) is 10. The van der Waals surface area contributed by atoms with Crippen LogP contribution in [0.4, 0.5) is 0 Å². The van der Waals surface area contributed by atoms with Gasteiger partial charge in [-0.15, -0.1) is 0 Å². The number of methoxy groups -OCH3 is 1. The zero-order valence-electron chi connectivity index (χ0n) is 32.7. The van der Waals surface area contributed by atoms with Gasteiger partial charge in [0, 0.05) is 25.7 Å². The molecule has 0 saturated carbocycles. The molecule has 2 aliphatic rings. The standard InChI is InChI=1S/C40H56N4O10/c1-11-24(6)34-32(45)21-33(46)54-35(23(4)5)37(48)41-29(19-22(2)3)38(49)44-18-12-13-30(44)39(50)43(9)31(20-27-14-16-28(52-10)17-15-27)40(51)53-26(8)25(7)36(47)42-34/h14-17,22-23,29-32,35,45H,7-8,11-13,18-21H2,1-6,9-10H3,(H,41,48)(H,42,47)/b34-24+/t29-,30-,31?,32-,35-/m0/s1. The SMILES string of the molecule is C=C1OC(=O)C(Cc2ccc(OC)cc2)N(C)C(=O)[C@@H]2CCCN2C(=O)[C@H](CC(C)C)NC(=O)[C@H](C(C)C)OC(=O)C[C@H](O)/C(=C(/C)CC)NC(=O)C1=C. The minimum Gasteiger partial charge on any atom is -0.497 e. The number of nitrogens with zero attached hydrogens (tertiary/aromatic N) is 2. The lowest BCUT2D eigenvalue weighted by atomic mass is 10.00. The number of carbonyl (C=O) groups excluding carboxylic acids is 6. The van der Waals surface area contributed by atoms with Gasteiger partial charge >= 0.3 is 11.9 Å². The first kappa shape index (κ1) is 43.4. The van der Waals surface area contributed by atoms with E-state index in [0.29, 0.717) is 36.1 Å². The number of aliphatic hydroxyl groups excluding tert-OH is 1. The van der Waals surface area contributed by atoms with Gasteiger partial charge in [-0.05, 0) is 62.1 Å². The first-order chi connectivity index (χ1) is 25.4. The second-order valence-corrected chi connectivity index (χ2v) is 14.6. The number of esters is 2. The van der Waals surface area contributed by atoms with Gasteiger partial charge in [-0.3, -0.25) is 24.0 Å². The Morgan fingerprint density at radius 3 is 2.26 bits per heavy atom. The van der Waals surface area contributed by atoms with Crippen LogP contribution in [-0.2, 0) is 44.7 Å². The molecule has 54 heavy (non-hydrogen) atoms. The molecule has 5 atom stereocenters. The number of allylic oxidation sites excluding steroid dienone is 1. The van der Waals surface area contributed by atoms with Gasteiger partial charge in [-0.1, -0.05) is 65.5 Å². The summed E-state index contributed by atoms with van der Waals surface area (Å²) >= 11 is 0. The molecule has 0 aliphatic carbocycles. The second-order valence-electron chi connectivity index (χ2n) is 14.6. The molecule has 0 bridgehead atoms. The second kappa shape index (κ2) is 19.4. The maximum absolute atomic E-state index is 14.3. The van der Waals surface area contributed by atoms with Crippen LogP contribution in [0.25, 0.3) is 0 Å². The summed E-state index contributed by atoms with van der Waals surface area (Å²) in [6.45, 7) is 18.3. The first-order valence-corrected chi connectivity index (χ1v) is 18.4. The summed E-state index contributed by atoms with van der Waals surface area (Å²) in [4.78, 5) is 85.4. The van der Waals surface area contributed by atoms with Crippen molar-refractivity contribution < 1.29 is 48.1 Å². The van der Waals surface area contributed by atoms with Crippen LogP contribution in [0.1, 0.15) is 79.2 Å². The van der Waals surface area contributed by atoms with Crippen LogP contribution in [0.15, 0.2) is 60.0 Å². The van der Waals surface area contributed by atoms with E-state index >= 15 is 0 Å². The molecule has 3 N–H and O–H groups in total. The molecule has 2 heterocycles. The predicted octanol–water partition coefficient (Wildman–Crippen LogP) is 3.33. The number of hydrogen-bond donors (Lipinski definition) is 3. The van der Waals surface area contributed by atoms with Gasteiger partial charge in [0.1, 0.15) is 35.7 Å². The van der Waals surface area contributed by atoms with Crippen LogP contribution in [0.5, 0.6) is 5.75 Å². The van der Waals surface area contributed by atoms with Crippen molar-refractivity contribution in [1.82, 2.24) is 20.4 Å². The van der Waals surface area contributed by atoms with Crippen molar-refractivity contribution in [3.05, 3.63) is 65.6 Å². The van der Waals surface area contributed by atoms with Crippen LogP contribution in [0.2, 0.25) is 0 Å². The molecule has 2 aliphatic heterocycles. The van der Waals surface area contributed by atoms with E-state index in [1.165, 1.54) is 24.0 Å². The van der Waals surface area contributed by atoms with Crippen molar-refractivity contribution in [2.75, 3.05) is 20.7 Å². The Morgan fingerprint density at radius 1 is 1.04 bits per heavy atom. The predicted molar refractivity (Wildman–Crippen MR) is 200 cm³/mol. The summed E-state index contributed by atoms with van der Waals surface area (Å²) in [5.74, 6) is -4.77. The third kappa shape index (κ3) is 11.0. The van der Waals surface area contributed by atoms with Crippen molar-refractivity contribution >= 4 is 35.6 Å². The summed E-state index contributed by atoms with van der Waals surface area (Å²) in [5, 5.41) is 16.5. The van der Waals surface area contributed by atoms with E-state index in [0.717, 1.165) is 0 Å². The van der Waals surface area contributed by atoms with E-state index in [9.17, 15) is 33.9 Å². The highest BCUT2D eigenvalue weighted by Crippen LogP contribution is 2.25. The summed E-state index contributed by atoms with van der Waals surface area (Å²) < 4.78 is 16.4. The normalized spacial score (nSPS) is 25.5. The quantitative estimate of drug-likeness (QED) is 0.276. The van der Waals surface area contributed by atoms with Crippen LogP contribution in [-0.4, -0.2) is 102 Å². The van der Waals surface area contributed by atoms with Crippen molar-refractivity contribution in [1.29, 1.82) is 0 Å². The van der Waals surface area contributed by atoms with E-state index in [1.807, 2.05) is 13.8 Å². The zero-order chi connectivity index (χ0) is 40.4. The molecule has 3 rings (SSSR count). The molecular weight excluding hydrogens is 696 g/mol. The summed E-state index contributed by atoms with van der Waals surface area (Å²) in [5.41, 5.74) is 0.857. The Bertz CT molecular complexity index is 1630. The molecule has 296 valence electrons. The van der Waals surface area contributed by atoms with Gasteiger partial charge in [0.05, 0.1) is 19.1 Å². The van der Waals surface area contributed by atoms with Crippen molar-refractivity contribution in [3.8, 4) is 5.75 Å². The van der Waals surface area contributed by atoms with E-state index in [1.54, 1.807) is 52.0 Å². The lowest BCUT2D eigenvalue weighted by Crippen LogP contribution is -2.57. The average Bonchev–Trinajstić information content (AvgIpc) is 3.62. The largest absolute Gasteiger partial charge is 0.497 e. The lowest BCUT2D eigenvalue weighted by molar-refractivity contribution is -0.161. The van der Waals surface area contributed by atoms with Crippen molar-refractivity contribution in [2.24, 2.45) is 11.8 Å². The van der Waals surface area contributed by atoms with Gasteiger partial charge < -0.3 is 39.8 Å². The molecule has 0 aromatic heterocycles. The van der Waals surface area contributed by atoms with E-state index in [2.05, 4.69) is 23.8 Å². The van der Waals surface area contributed by atoms with Gasteiger partial charge in [-0.2, -0.15) is 0 Å². The van der Waals surface area contributed by atoms with Crippen LogP contribution >= 0.6 is 0 Å². The molecule has 2 saturated heterocycles. The number of aliphatic hydroxyl groups is 1. The summed E-state index contributed by atoms with van der Waals surface area (Å²) in [6.07, 6.45) is -2.04. The Balaban J connectivity index is 2.12. The number of amides is 4. The van der Waals surface area contributed by atoms with Crippen molar-refractivity contribution in [3.63, 3.8) is 0 Å². The molecule has 0 spiro atoms. The molecule has 0 radical (unpaired) electrons. The molecule has 1 aromatic rings. The maximum Gasteiger partial charge on any atom is 0.334 e. The maximum atomic E-state index is 14.3. The van der Waals surface area contributed by atoms with E-state index in [4.69, 9.17) is 14.2 Å². The minimum atomic E-state index is -1.55. The number of benzene rings is 1.